The van der Waals surface area contributed by atoms with Gasteiger partial charge in [0.15, 0.2) is 0 Å². The Hall–Kier alpha value is -1.57. The van der Waals surface area contributed by atoms with Crippen LogP contribution in [0.25, 0.3) is 0 Å². The lowest BCUT2D eigenvalue weighted by Gasteiger charge is -2.25. The second-order valence-corrected chi connectivity index (χ2v) is 10.1. The summed E-state index contributed by atoms with van der Waals surface area (Å²) in [7, 11) is 0. The Bertz CT molecular complexity index is 654. The summed E-state index contributed by atoms with van der Waals surface area (Å²) in [5.41, 5.74) is 0.0693. The molecule has 1 atom stereocenters. The van der Waals surface area contributed by atoms with Crippen molar-refractivity contribution in [3.63, 3.8) is 0 Å². The molecule has 0 N–H and O–H groups in total. The lowest BCUT2D eigenvalue weighted by atomic mass is 9.81. The standard InChI is InChI=1S/C30H51N2/c1-3-5-6-7-8-9-10-11-12-13-14-15-16-17-18-22-25-31-26-27-32(29-31)28-30(4-2)23-20-19-21-24-30/h4,19-21,23,26-27,29H,2-3,5-18,22,24-25,28H2,1H3/q+1. The predicted octanol–water partition coefficient (Wildman–Crippen LogP) is 8.73. The van der Waals surface area contributed by atoms with Gasteiger partial charge < -0.3 is 0 Å². The summed E-state index contributed by atoms with van der Waals surface area (Å²) in [5.74, 6) is 0. The van der Waals surface area contributed by atoms with Crippen molar-refractivity contribution >= 4 is 0 Å². The maximum Gasteiger partial charge on any atom is 0.243 e. The van der Waals surface area contributed by atoms with E-state index in [9.17, 15) is 0 Å². The Morgan fingerprint density at radius 2 is 1.38 bits per heavy atom. The zero-order valence-electron chi connectivity index (χ0n) is 21.2. The van der Waals surface area contributed by atoms with E-state index in [0.717, 1.165) is 19.5 Å². The molecule has 0 spiro atoms. The lowest BCUT2D eigenvalue weighted by molar-refractivity contribution is -0.705. The molecule has 0 saturated carbocycles. The normalized spacial score (nSPS) is 17.8. The van der Waals surface area contributed by atoms with Crippen molar-refractivity contribution in [1.82, 2.24) is 4.57 Å². The highest BCUT2D eigenvalue weighted by atomic mass is 15.1. The van der Waals surface area contributed by atoms with Gasteiger partial charge in [0.25, 0.3) is 0 Å². The van der Waals surface area contributed by atoms with Crippen molar-refractivity contribution in [3.8, 4) is 0 Å². The van der Waals surface area contributed by atoms with E-state index >= 15 is 0 Å². The van der Waals surface area contributed by atoms with Crippen LogP contribution in [-0.4, -0.2) is 4.57 Å². The van der Waals surface area contributed by atoms with Crippen LogP contribution in [0.3, 0.4) is 0 Å². The molecule has 0 amide bonds. The van der Waals surface area contributed by atoms with Crippen LogP contribution in [0.5, 0.6) is 0 Å². The van der Waals surface area contributed by atoms with Crippen molar-refractivity contribution < 1.29 is 4.57 Å². The summed E-state index contributed by atoms with van der Waals surface area (Å²) in [5, 5.41) is 0. The number of rotatable bonds is 20. The molecular formula is C30H51N2+. The second kappa shape index (κ2) is 17.0. The SMILES string of the molecule is C=CC1(C[n+]2ccn(CCCCCCCCCCCCCCCCCC)c2)C=CC=CC1. The summed E-state index contributed by atoms with van der Waals surface area (Å²) in [6.07, 6.45) is 41.5. The Labute approximate surface area is 199 Å². The summed E-state index contributed by atoms with van der Waals surface area (Å²) >= 11 is 0. The van der Waals surface area contributed by atoms with Gasteiger partial charge in [0.05, 0.1) is 6.54 Å². The summed E-state index contributed by atoms with van der Waals surface area (Å²) in [4.78, 5) is 0. The van der Waals surface area contributed by atoms with Gasteiger partial charge in [-0.1, -0.05) is 127 Å². The van der Waals surface area contributed by atoms with Gasteiger partial charge in [-0.05, 0) is 19.3 Å². The number of unbranched alkanes of at least 4 members (excludes halogenated alkanes) is 15. The number of aromatic nitrogens is 2. The molecule has 32 heavy (non-hydrogen) atoms. The highest BCUT2D eigenvalue weighted by Gasteiger charge is 2.26. The molecule has 1 unspecified atom stereocenters. The third-order valence-corrected chi connectivity index (χ3v) is 7.07. The fraction of sp³-hybridized carbons (Fsp3) is 0.700. The second-order valence-electron chi connectivity index (χ2n) is 10.1. The van der Waals surface area contributed by atoms with Crippen LogP contribution in [0.4, 0.5) is 0 Å². The van der Waals surface area contributed by atoms with Crippen LogP contribution < -0.4 is 4.57 Å². The number of imidazole rings is 1. The van der Waals surface area contributed by atoms with E-state index in [1.165, 1.54) is 103 Å². The molecule has 1 aromatic heterocycles. The molecule has 2 heteroatoms. The summed E-state index contributed by atoms with van der Waals surface area (Å²) in [6, 6.07) is 0. The number of hydrogen-bond donors (Lipinski definition) is 0. The fourth-order valence-corrected chi connectivity index (χ4v) is 4.86. The van der Waals surface area contributed by atoms with Gasteiger partial charge in [-0.25, -0.2) is 9.13 Å². The zero-order chi connectivity index (χ0) is 22.7. The van der Waals surface area contributed by atoms with Gasteiger partial charge in [0, 0.05) is 5.41 Å². The average molecular weight is 440 g/mol. The largest absolute Gasteiger partial charge is 0.243 e. The Balaban J connectivity index is 1.40. The fourth-order valence-electron chi connectivity index (χ4n) is 4.86. The van der Waals surface area contributed by atoms with Gasteiger partial charge in [-0.2, -0.15) is 0 Å². The molecule has 180 valence electrons. The zero-order valence-corrected chi connectivity index (χ0v) is 21.2. The minimum Gasteiger partial charge on any atom is -0.237 e. The molecule has 0 aliphatic heterocycles. The Morgan fingerprint density at radius 3 is 1.88 bits per heavy atom. The first-order valence-electron chi connectivity index (χ1n) is 13.8. The molecule has 1 aliphatic rings. The van der Waals surface area contributed by atoms with Crippen LogP contribution in [0.2, 0.25) is 0 Å². The van der Waals surface area contributed by atoms with Crippen LogP contribution >= 0.6 is 0 Å². The van der Waals surface area contributed by atoms with Crippen LogP contribution in [-0.2, 0) is 13.1 Å². The number of allylic oxidation sites excluding steroid dienone is 5. The lowest BCUT2D eigenvalue weighted by Crippen LogP contribution is -2.40. The molecule has 0 radical (unpaired) electrons. The van der Waals surface area contributed by atoms with E-state index in [1.54, 1.807) is 0 Å². The molecule has 0 saturated heterocycles. The molecular weight excluding hydrogens is 388 g/mol. The van der Waals surface area contributed by atoms with Gasteiger partial charge in [0.1, 0.15) is 18.9 Å². The van der Waals surface area contributed by atoms with E-state index in [4.69, 9.17) is 0 Å². The van der Waals surface area contributed by atoms with Crippen molar-refractivity contribution in [3.05, 3.63) is 55.7 Å². The van der Waals surface area contributed by atoms with E-state index in [-0.39, 0.29) is 5.41 Å². The smallest absolute Gasteiger partial charge is 0.237 e. The summed E-state index contributed by atoms with van der Waals surface area (Å²) < 4.78 is 4.67. The Morgan fingerprint density at radius 1 is 0.812 bits per heavy atom. The minimum atomic E-state index is 0.0693. The maximum atomic E-state index is 4.08. The van der Waals surface area contributed by atoms with Gasteiger partial charge in [0.2, 0.25) is 6.33 Å². The van der Waals surface area contributed by atoms with Gasteiger partial charge >= 0.3 is 0 Å². The van der Waals surface area contributed by atoms with Crippen LogP contribution in [0.1, 0.15) is 116 Å². The molecule has 0 fully saturated rings. The van der Waals surface area contributed by atoms with Crippen molar-refractivity contribution in [2.75, 3.05) is 0 Å². The van der Waals surface area contributed by atoms with Crippen LogP contribution in [0, 0.1) is 5.41 Å². The van der Waals surface area contributed by atoms with Crippen molar-refractivity contribution in [2.24, 2.45) is 5.41 Å². The predicted molar refractivity (Wildman–Crippen MR) is 140 cm³/mol. The maximum absolute atomic E-state index is 4.08. The number of nitrogens with zero attached hydrogens (tertiary/aromatic N) is 2. The molecule has 0 aromatic carbocycles. The molecule has 1 aliphatic carbocycles. The molecule has 1 aromatic rings. The minimum absolute atomic E-state index is 0.0693. The van der Waals surface area contributed by atoms with Gasteiger partial charge in [-0.15, -0.1) is 6.58 Å². The van der Waals surface area contributed by atoms with Crippen molar-refractivity contribution in [1.29, 1.82) is 0 Å². The number of hydrogen-bond acceptors (Lipinski definition) is 0. The van der Waals surface area contributed by atoms with E-state index < -0.39 is 0 Å². The van der Waals surface area contributed by atoms with Crippen LogP contribution in [0.15, 0.2) is 55.7 Å². The summed E-state index contributed by atoms with van der Waals surface area (Å²) in [6.45, 7) is 8.49. The van der Waals surface area contributed by atoms with E-state index in [2.05, 4.69) is 71.7 Å². The molecule has 1 heterocycles. The monoisotopic (exact) mass is 439 g/mol. The van der Waals surface area contributed by atoms with Crippen molar-refractivity contribution in [2.45, 2.75) is 129 Å². The first-order valence-corrected chi connectivity index (χ1v) is 13.8. The first kappa shape index (κ1) is 26.7. The van der Waals surface area contributed by atoms with E-state index in [1.807, 2.05) is 0 Å². The highest BCUT2D eigenvalue weighted by molar-refractivity contribution is 5.20. The third kappa shape index (κ3) is 11.3. The quantitative estimate of drug-likeness (QED) is 0.109. The Kier molecular flexibility index (Phi) is 14.2. The molecule has 2 nitrogen and oxygen atoms in total. The highest BCUT2D eigenvalue weighted by Crippen LogP contribution is 2.29. The molecule has 2 rings (SSSR count). The average Bonchev–Trinajstić information content (AvgIpc) is 3.26. The van der Waals surface area contributed by atoms with E-state index in [0.29, 0.717) is 0 Å². The third-order valence-electron chi connectivity index (χ3n) is 7.07. The van der Waals surface area contributed by atoms with Gasteiger partial charge in [-0.3, -0.25) is 0 Å². The number of aryl methyl sites for hydroxylation is 1. The first-order chi connectivity index (χ1) is 15.8. The molecule has 0 bridgehead atoms. The topological polar surface area (TPSA) is 8.81 Å².